The summed E-state index contributed by atoms with van der Waals surface area (Å²) in [5.74, 6) is -1.88. The maximum Gasteiger partial charge on any atom is 0.305 e. The van der Waals surface area contributed by atoms with Crippen molar-refractivity contribution in [3.8, 4) is 5.75 Å². The second kappa shape index (κ2) is 7.61. The maximum absolute atomic E-state index is 13.5. The summed E-state index contributed by atoms with van der Waals surface area (Å²) in [7, 11) is 0. The van der Waals surface area contributed by atoms with Gasteiger partial charge in [0.05, 0.1) is 6.42 Å². The van der Waals surface area contributed by atoms with Crippen LogP contribution in [0.4, 0.5) is 4.39 Å². The number of likely N-dealkylation sites (N-methyl/N-ethyl adjacent to an activating group) is 1. The van der Waals surface area contributed by atoms with Crippen LogP contribution in [-0.2, 0) is 9.59 Å². The van der Waals surface area contributed by atoms with E-state index in [-0.39, 0.29) is 18.1 Å². The zero-order valence-electron chi connectivity index (χ0n) is 12.4. The average Bonchev–Trinajstić information content (AvgIpc) is 2.41. The Kier molecular flexibility index (Phi) is 6.14. The highest BCUT2D eigenvalue weighted by Crippen LogP contribution is 2.18. The van der Waals surface area contributed by atoms with E-state index < -0.39 is 23.9 Å². The first-order valence-electron chi connectivity index (χ1n) is 6.80. The van der Waals surface area contributed by atoms with Gasteiger partial charge in [0.25, 0.3) is 5.91 Å². The molecule has 0 heterocycles. The fourth-order valence-corrected chi connectivity index (χ4v) is 2.06. The molecule has 0 radical (unpaired) electrons. The molecule has 0 aromatic heterocycles. The Hall–Kier alpha value is -2.11. The van der Waals surface area contributed by atoms with Gasteiger partial charge < -0.3 is 14.7 Å². The van der Waals surface area contributed by atoms with Crippen LogP contribution >= 0.6 is 0 Å². The lowest BCUT2D eigenvalue weighted by Gasteiger charge is -2.29. The van der Waals surface area contributed by atoms with Gasteiger partial charge in [0.2, 0.25) is 0 Å². The number of halogens is 1. The molecule has 0 spiro atoms. The summed E-state index contributed by atoms with van der Waals surface area (Å²) in [4.78, 5) is 24.5. The molecule has 21 heavy (non-hydrogen) atoms. The molecule has 116 valence electrons. The van der Waals surface area contributed by atoms with Crippen LogP contribution in [0, 0.1) is 5.82 Å². The molecule has 5 nitrogen and oxygen atoms in total. The summed E-state index contributed by atoms with van der Waals surface area (Å²) >= 11 is 0. The van der Waals surface area contributed by atoms with Crippen LogP contribution < -0.4 is 4.74 Å². The molecule has 6 heteroatoms. The van der Waals surface area contributed by atoms with Crippen LogP contribution in [0.3, 0.4) is 0 Å². The molecular weight excluding hydrogens is 277 g/mol. The van der Waals surface area contributed by atoms with Gasteiger partial charge in [-0.15, -0.1) is 0 Å². The van der Waals surface area contributed by atoms with Crippen molar-refractivity contribution in [2.75, 3.05) is 6.54 Å². The van der Waals surface area contributed by atoms with Crippen LogP contribution in [-0.4, -0.2) is 40.6 Å². The Bertz CT molecular complexity index is 506. The third-order valence-corrected chi connectivity index (χ3v) is 3.11. The number of hydrogen-bond acceptors (Lipinski definition) is 3. The highest BCUT2D eigenvalue weighted by atomic mass is 19.1. The predicted molar refractivity (Wildman–Crippen MR) is 75.6 cm³/mol. The molecule has 1 aromatic carbocycles. The summed E-state index contributed by atoms with van der Waals surface area (Å²) in [5.41, 5.74) is 0. The smallest absolute Gasteiger partial charge is 0.305 e. The number of amides is 1. The highest BCUT2D eigenvalue weighted by Gasteiger charge is 2.26. The highest BCUT2D eigenvalue weighted by molar-refractivity contribution is 5.81. The summed E-state index contributed by atoms with van der Waals surface area (Å²) in [6.07, 6.45) is -1.04. The molecule has 0 aliphatic heterocycles. The van der Waals surface area contributed by atoms with E-state index >= 15 is 0 Å². The summed E-state index contributed by atoms with van der Waals surface area (Å²) in [6.45, 7) is 5.29. The Balaban J connectivity index is 2.75. The maximum atomic E-state index is 13.5. The first-order valence-corrected chi connectivity index (χ1v) is 6.80. The standard InChI is InChI=1S/C15H20FNO4/c1-4-17(10(2)9-14(18)19)15(20)11(3)21-13-8-6-5-7-12(13)16/h5-8,10-11H,4,9H2,1-3H3,(H,18,19). The quantitative estimate of drug-likeness (QED) is 0.838. The molecule has 1 aromatic rings. The number of nitrogens with zero attached hydrogens (tertiary/aromatic N) is 1. The van der Waals surface area contributed by atoms with Gasteiger partial charge in [-0.1, -0.05) is 12.1 Å². The Morgan fingerprint density at radius 1 is 1.33 bits per heavy atom. The lowest BCUT2D eigenvalue weighted by molar-refractivity contribution is -0.143. The summed E-state index contributed by atoms with van der Waals surface area (Å²) < 4.78 is 18.8. The van der Waals surface area contributed by atoms with E-state index in [9.17, 15) is 14.0 Å². The number of aliphatic carboxylic acids is 1. The molecule has 2 unspecified atom stereocenters. The number of ether oxygens (including phenoxy) is 1. The molecule has 0 bridgehead atoms. The lowest BCUT2D eigenvalue weighted by Crippen LogP contribution is -2.46. The molecule has 2 atom stereocenters. The second-order valence-corrected chi connectivity index (χ2v) is 4.76. The minimum atomic E-state index is -0.976. The fourth-order valence-electron chi connectivity index (χ4n) is 2.06. The van der Waals surface area contributed by atoms with Crippen molar-refractivity contribution < 1.29 is 23.8 Å². The van der Waals surface area contributed by atoms with Crippen molar-refractivity contribution in [2.45, 2.75) is 39.3 Å². The fraction of sp³-hybridized carbons (Fsp3) is 0.467. The van der Waals surface area contributed by atoms with Crippen molar-refractivity contribution in [3.05, 3.63) is 30.1 Å². The van der Waals surface area contributed by atoms with Gasteiger partial charge in [-0.3, -0.25) is 9.59 Å². The molecule has 0 fully saturated rings. The zero-order valence-corrected chi connectivity index (χ0v) is 12.4. The third kappa shape index (κ3) is 4.73. The minimum Gasteiger partial charge on any atom is -0.481 e. The number of para-hydroxylation sites is 1. The van der Waals surface area contributed by atoms with E-state index in [0.717, 1.165) is 0 Å². The topological polar surface area (TPSA) is 66.8 Å². The number of carbonyl (C=O) groups is 2. The van der Waals surface area contributed by atoms with Crippen molar-refractivity contribution in [2.24, 2.45) is 0 Å². The molecule has 1 rings (SSSR count). The number of carboxylic acids is 1. The SMILES string of the molecule is CCN(C(=O)C(C)Oc1ccccc1F)C(C)CC(=O)O. The first-order chi connectivity index (χ1) is 9.86. The largest absolute Gasteiger partial charge is 0.481 e. The van der Waals surface area contributed by atoms with E-state index in [2.05, 4.69) is 0 Å². The van der Waals surface area contributed by atoms with Crippen LogP contribution in [0.25, 0.3) is 0 Å². The molecule has 0 aliphatic rings. The van der Waals surface area contributed by atoms with Gasteiger partial charge in [0.1, 0.15) is 0 Å². The minimum absolute atomic E-state index is 0.000269. The van der Waals surface area contributed by atoms with E-state index in [4.69, 9.17) is 9.84 Å². The molecule has 0 aliphatic carbocycles. The van der Waals surface area contributed by atoms with Gasteiger partial charge in [-0.05, 0) is 32.9 Å². The van der Waals surface area contributed by atoms with E-state index in [1.807, 2.05) is 0 Å². The van der Waals surface area contributed by atoms with Gasteiger partial charge >= 0.3 is 5.97 Å². The Labute approximate surface area is 123 Å². The molecule has 1 N–H and O–H groups in total. The molecule has 0 saturated heterocycles. The predicted octanol–water partition coefficient (Wildman–Crippen LogP) is 2.30. The van der Waals surface area contributed by atoms with Crippen molar-refractivity contribution >= 4 is 11.9 Å². The van der Waals surface area contributed by atoms with Gasteiger partial charge in [-0.2, -0.15) is 0 Å². The Morgan fingerprint density at radius 2 is 1.95 bits per heavy atom. The number of carbonyl (C=O) groups excluding carboxylic acids is 1. The third-order valence-electron chi connectivity index (χ3n) is 3.11. The second-order valence-electron chi connectivity index (χ2n) is 4.76. The van der Waals surface area contributed by atoms with Gasteiger partial charge in [0.15, 0.2) is 17.7 Å². The normalized spacial score (nSPS) is 13.3. The molecule has 0 saturated carbocycles. The number of rotatable bonds is 7. The lowest BCUT2D eigenvalue weighted by atomic mass is 10.2. The van der Waals surface area contributed by atoms with E-state index in [0.29, 0.717) is 6.54 Å². The Morgan fingerprint density at radius 3 is 2.48 bits per heavy atom. The summed E-state index contributed by atoms with van der Waals surface area (Å²) in [5, 5.41) is 8.80. The van der Waals surface area contributed by atoms with Gasteiger partial charge in [-0.25, -0.2) is 4.39 Å². The van der Waals surface area contributed by atoms with Crippen molar-refractivity contribution in [1.29, 1.82) is 0 Å². The van der Waals surface area contributed by atoms with Gasteiger partial charge in [0, 0.05) is 12.6 Å². The van der Waals surface area contributed by atoms with Crippen LogP contribution in [0.15, 0.2) is 24.3 Å². The van der Waals surface area contributed by atoms with E-state index in [1.54, 1.807) is 19.9 Å². The van der Waals surface area contributed by atoms with Crippen molar-refractivity contribution in [1.82, 2.24) is 4.90 Å². The van der Waals surface area contributed by atoms with Crippen LogP contribution in [0.2, 0.25) is 0 Å². The number of hydrogen-bond donors (Lipinski definition) is 1. The zero-order chi connectivity index (χ0) is 16.0. The van der Waals surface area contributed by atoms with E-state index in [1.165, 1.54) is 30.0 Å². The number of carboxylic acid groups (broad SMARTS) is 1. The van der Waals surface area contributed by atoms with Crippen LogP contribution in [0.1, 0.15) is 27.2 Å². The first kappa shape index (κ1) is 16.9. The average molecular weight is 297 g/mol. The van der Waals surface area contributed by atoms with Crippen LogP contribution in [0.5, 0.6) is 5.75 Å². The number of benzene rings is 1. The molecule has 1 amide bonds. The summed E-state index contributed by atoms with van der Waals surface area (Å²) in [6, 6.07) is 5.38. The monoisotopic (exact) mass is 297 g/mol. The van der Waals surface area contributed by atoms with Crippen molar-refractivity contribution in [3.63, 3.8) is 0 Å². The molecular formula is C15H20FNO4.